The number of alkyl halides is 3. The maximum absolute atomic E-state index is 12.5. The summed E-state index contributed by atoms with van der Waals surface area (Å²) in [6, 6.07) is 8.87. The smallest absolute Gasteiger partial charge is 0.480 e. The normalized spacial score (nSPS) is 11.3. The predicted octanol–water partition coefficient (Wildman–Crippen LogP) is 2.88. The van der Waals surface area contributed by atoms with E-state index in [-0.39, 0.29) is 21.9 Å². The van der Waals surface area contributed by atoms with Gasteiger partial charge in [0.05, 0.1) is 5.39 Å². The first-order chi connectivity index (χ1) is 14.1. The number of hydrogen-bond acceptors (Lipinski definition) is 6. The van der Waals surface area contributed by atoms with Crippen LogP contribution in [0.1, 0.15) is 10.4 Å². The zero-order valence-electron chi connectivity index (χ0n) is 14.8. The van der Waals surface area contributed by atoms with Crippen LogP contribution in [0.25, 0.3) is 21.9 Å². The van der Waals surface area contributed by atoms with E-state index in [1.54, 1.807) is 0 Å². The largest absolute Gasteiger partial charge is 0.573 e. The van der Waals surface area contributed by atoms with Crippen molar-refractivity contribution in [2.24, 2.45) is 0 Å². The van der Waals surface area contributed by atoms with E-state index in [9.17, 15) is 32.7 Å². The molecule has 1 aromatic heterocycles. The zero-order valence-corrected chi connectivity index (χ0v) is 14.8. The number of aliphatic carboxylic acids is 1. The molecular weight excluding hydrogens is 411 g/mol. The third-order valence-corrected chi connectivity index (χ3v) is 3.94. The van der Waals surface area contributed by atoms with Crippen molar-refractivity contribution in [3.8, 4) is 22.8 Å². The van der Waals surface area contributed by atoms with Crippen molar-refractivity contribution in [2.75, 3.05) is 6.54 Å². The van der Waals surface area contributed by atoms with Crippen LogP contribution in [0.15, 0.2) is 51.7 Å². The van der Waals surface area contributed by atoms with Gasteiger partial charge in [-0.25, -0.2) is 4.79 Å². The number of fused-ring (bicyclic) bond motifs is 1. The number of amides is 1. The maximum Gasteiger partial charge on any atom is 0.573 e. The van der Waals surface area contributed by atoms with Crippen LogP contribution in [0.5, 0.6) is 11.7 Å². The van der Waals surface area contributed by atoms with E-state index >= 15 is 0 Å². The Bertz CT molecular complexity index is 1200. The number of carbonyl (C=O) groups excluding carboxylic acids is 1. The minimum Gasteiger partial charge on any atom is -0.480 e. The van der Waals surface area contributed by atoms with E-state index in [4.69, 9.17) is 5.11 Å². The summed E-state index contributed by atoms with van der Waals surface area (Å²) in [5.74, 6) is -4.02. The summed E-state index contributed by atoms with van der Waals surface area (Å²) in [7, 11) is 0. The molecule has 1 amide bonds. The second kappa shape index (κ2) is 7.78. The van der Waals surface area contributed by atoms with E-state index in [1.807, 2.05) is 5.32 Å². The Labute approximate surface area is 165 Å². The highest BCUT2D eigenvalue weighted by Crippen LogP contribution is 2.35. The van der Waals surface area contributed by atoms with Gasteiger partial charge in [-0.2, -0.15) is 0 Å². The Morgan fingerprint density at radius 1 is 1.13 bits per heavy atom. The van der Waals surface area contributed by atoms with Gasteiger partial charge >= 0.3 is 18.0 Å². The average Bonchev–Trinajstić information content (AvgIpc) is 2.65. The molecule has 0 spiro atoms. The van der Waals surface area contributed by atoms with Crippen LogP contribution in [-0.4, -0.2) is 35.0 Å². The molecule has 0 fully saturated rings. The zero-order chi connectivity index (χ0) is 22.1. The van der Waals surface area contributed by atoms with Crippen LogP contribution in [0.3, 0.4) is 0 Å². The molecule has 2 aromatic carbocycles. The number of rotatable bonds is 5. The van der Waals surface area contributed by atoms with Crippen LogP contribution in [-0.2, 0) is 4.79 Å². The number of halogens is 3. The summed E-state index contributed by atoms with van der Waals surface area (Å²) in [6.07, 6.45) is -4.93. The quantitative estimate of drug-likeness (QED) is 0.576. The van der Waals surface area contributed by atoms with Gasteiger partial charge in [-0.05, 0) is 29.3 Å². The van der Waals surface area contributed by atoms with Crippen molar-refractivity contribution in [2.45, 2.75) is 6.36 Å². The van der Waals surface area contributed by atoms with Gasteiger partial charge in [0, 0.05) is 5.39 Å². The van der Waals surface area contributed by atoms with Gasteiger partial charge in [0.1, 0.15) is 17.9 Å². The molecule has 11 heteroatoms. The van der Waals surface area contributed by atoms with Crippen molar-refractivity contribution >= 4 is 22.6 Å². The van der Waals surface area contributed by atoms with E-state index < -0.39 is 47.7 Å². The Balaban J connectivity index is 2.24. The molecule has 3 N–H and O–H groups in total. The lowest BCUT2D eigenvalue weighted by molar-refractivity contribution is -0.274. The minimum atomic E-state index is -4.93. The lowest BCUT2D eigenvalue weighted by atomic mass is 9.95. The van der Waals surface area contributed by atoms with Gasteiger partial charge in [-0.1, -0.05) is 24.3 Å². The van der Waals surface area contributed by atoms with Gasteiger partial charge in [0.25, 0.3) is 11.9 Å². The number of carbonyl (C=O) groups is 2. The van der Waals surface area contributed by atoms with Crippen LogP contribution >= 0.6 is 0 Å². The van der Waals surface area contributed by atoms with Crippen molar-refractivity contribution < 1.29 is 42.1 Å². The molecule has 0 aliphatic rings. The molecule has 1 heterocycles. The Morgan fingerprint density at radius 2 is 1.83 bits per heavy atom. The van der Waals surface area contributed by atoms with Gasteiger partial charge in [-0.15, -0.1) is 13.2 Å². The molecule has 156 valence electrons. The molecule has 0 unspecified atom stereocenters. The van der Waals surface area contributed by atoms with Crippen molar-refractivity contribution in [1.82, 2.24) is 5.32 Å². The van der Waals surface area contributed by atoms with E-state index in [0.29, 0.717) is 0 Å². The van der Waals surface area contributed by atoms with Crippen LogP contribution < -0.4 is 15.7 Å². The van der Waals surface area contributed by atoms with Crippen LogP contribution in [0.2, 0.25) is 0 Å². The van der Waals surface area contributed by atoms with Crippen molar-refractivity contribution in [1.29, 1.82) is 0 Å². The molecule has 0 atom stereocenters. The average molecular weight is 423 g/mol. The fraction of sp³-hybridized carbons (Fsp3) is 0.105. The standard InChI is InChI=1S/C19H12F3NO7/c20-19(21,22)30-10-4-1-3-9(7-10)11-5-2-6-12-14(11)15(18(28)29-17(12)27)16(26)23-8-13(24)25/h1-7,28H,8H2,(H,23,26)(H,24,25). The summed E-state index contributed by atoms with van der Waals surface area (Å²) < 4.78 is 46.2. The molecule has 3 aromatic rings. The minimum absolute atomic E-state index is 0.115. The lowest BCUT2D eigenvalue weighted by Gasteiger charge is -2.13. The van der Waals surface area contributed by atoms with Gasteiger partial charge < -0.3 is 24.7 Å². The molecule has 3 rings (SSSR count). The highest BCUT2D eigenvalue weighted by atomic mass is 19.4. The van der Waals surface area contributed by atoms with E-state index in [2.05, 4.69) is 9.15 Å². The summed E-state index contributed by atoms with van der Waals surface area (Å²) in [5.41, 5.74) is -1.28. The third-order valence-electron chi connectivity index (χ3n) is 3.94. The monoisotopic (exact) mass is 423 g/mol. The summed E-state index contributed by atoms with van der Waals surface area (Å²) in [5, 5.41) is 20.6. The van der Waals surface area contributed by atoms with E-state index in [1.165, 1.54) is 30.3 Å². The predicted molar refractivity (Wildman–Crippen MR) is 96.2 cm³/mol. The van der Waals surface area contributed by atoms with Crippen molar-refractivity contribution in [3.63, 3.8) is 0 Å². The Morgan fingerprint density at radius 3 is 2.50 bits per heavy atom. The second-order valence-corrected chi connectivity index (χ2v) is 5.95. The highest BCUT2D eigenvalue weighted by Gasteiger charge is 2.31. The first-order valence-corrected chi connectivity index (χ1v) is 8.22. The fourth-order valence-electron chi connectivity index (χ4n) is 2.85. The molecule has 0 saturated heterocycles. The van der Waals surface area contributed by atoms with Gasteiger partial charge in [0.2, 0.25) is 0 Å². The molecule has 0 aliphatic carbocycles. The topological polar surface area (TPSA) is 126 Å². The lowest BCUT2D eigenvalue weighted by Crippen LogP contribution is -2.29. The molecule has 0 saturated carbocycles. The molecule has 0 radical (unpaired) electrons. The molecular formula is C19H12F3NO7. The second-order valence-electron chi connectivity index (χ2n) is 5.95. The third kappa shape index (κ3) is 4.35. The number of ether oxygens (including phenoxy) is 1. The van der Waals surface area contributed by atoms with E-state index in [0.717, 1.165) is 12.1 Å². The molecule has 30 heavy (non-hydrogen) atoms. The molecule has 0 aliphatic heterocycles. The Hall–Kier alpha value is -4.02. The fourth-order valence-corrected chi connectivity index (χ4v) is 2.85. The number of carboxylic acids is 1. The first-order valence-electron chi connectivity index (χ1n) is 8.22. The van der Waals surface area contributed by atoms with Crippen molar-refractivity contribution in [3.05, 3.63) is 58.4 Å². The van der Waals surface area contributed by atoms with Gasteiger partial charge in [0.15, 0.2) is 0 Å². The highest BCUT2D eigenvalue weighted by molar-refractivity contribution is 6.13. The summed E-state index contributed by atoms with van der Waals surface area (Å²) in [6.45, 7) is -0.782. The number of aromatic hydroxyl groups is 1. The molecule has 8 nitrogen and oxygen atoms in total. The molecule has 0 bridgehead atoms. The Kier molecular flexibility index (Phi) is 5.37. The maximum atomic E-state index is 12.5. The summed E-state index contributed by atoms with van der Waals surface area (Å²) >= 11 is 0. The number of benzene rings is 2. The SMILES string of the molecule is O=C(O)CNC(=O)c1c(O)oc(=O)c2cccc(-c3cccc(OC(F)(F)F)c3)c12. The number of nitrogens with one attached hydrogen (secondary N) is 1. The van der Waals surface area contributed by atoms with Crippen LogP contribution in [0.4, 0.5) is 13.2 Å². The summed E-state index contributed by atoms with van der Waals surface area (Å²) in [4.78, 5) is 35.3. The first kappa shape index (κ1) is 20.7. The van der Waals surface area contributed by atoms with Gasteiger partial charge in [-0.3, -0.25) is 9.59 Å². The number of carboxylic acid groups (broad SMARTS) is 1. The van der Waals surface area contributed by atoms with Crippen LogP contribution in [0, 0.1) is 0 Å². The number of hydrogen-bond donors (Lipinski definition) is 3.